The molecule has 5 heteroatoms. The van der Waals surface area contributed by atoms with Crippen LogP contribution in [0, 0.1) is 0 Å². The van der Waals surface area contributed by atoms with E-state index >= 15 is 0 Å². The Morgan fingerprint density at radius 1 is 1.15 bits per heavy atom. The molecule has 2 aromatic rings. The van der Waals surface area contributed by atoms with Crippen LogP contribution in [0.25, 0.3) is 0 Å². The zero-order valence-electron chi connectivity index (χ0n) is 15.4. The Morgan fingerprint density at radius 2 is 1.88 bits per heavy atom. The van der Waals surface area contributed by atoms with E-state index in [1.54, 1.807) is 6.07 Å². The number of anilines is 1. The molecule has 2 amide bonds. The van der Waals surface area contributed by atoms with Gasteiger partial charge in [-0.3, -0.25) is 0 Å². The number of nitrogens with one attached hydrogen (secondary N) is 1. The number of halogens is 1. The van der Waals surface area contributed by atoms with Crippen LogP contribution in [0.1, 0.15) is 36.4 Å². The molecule has 138 valence electrons. The largest absolute Gasteiger partial charge is 0.322 e. The van der Waals surface area contributed by atoms with Gasteiger partial charge in [-0.15, -0.1) is 0 Å². The molecular weight excluding hydrogens is 346 g/mol. The van der Waals surface area contributed by atoms with E-state index in [-0.39, 0.29) is 12.1 Å². The maximum Gasteiger partial charge on any atom is 0.322 e. The second-order valence-corrected chi connectivity index (χ2v) is 7.50. The number of hydrogen-bond acceptors (Lipinski definition) is 2. The third-order valence-electron chi connectivity index (χ3n) is 4.74. The predicted octanol–water partition coefficient (Wildman–Crippen LogP) is 5.16. The van der Waals surface area contributed by atoms with Gasteiger partial charge in [0.1, 0.15) is 0 Å². The summed E-state index contributed by atoms with van der Waals surface area (Å²) in [6.45, 7) is 1.68. The first-order chi connectivity index (χ1) is 12.5. The Morgan fingerprint density at radius 3 is 2.58 bits per heavy atom. The Labute approximate surface area is 160 Å². The molecule has 0 aliphatic carbocycles. The lowest BCUT2D eigenvalue weighted by Gasteiger charge is -2.36. The molecule has 1 fully saturated rings. The molecule has 1 N–H and O–H groups in total. The molecule has 1 heterocycles. The van der Waals surface area contributed by atoms with E-state index < -0.39 is 0 Å². The monoisotopic (exact) mass is 371 g/mol. The molecular formula is C21H26ClN3O. The van der Waals surface area contributed by atoms with Crippen molar-refractivity contribution in [2.75, 3.05) is 26.0 Å². The van der Waals surface area contributed by atoms with Gasteiger partial charge in [0.15, 0.2) is 0 Å². The molecule has 0 aromatic heterocycles. The van der Waals surface area contributed by atoms with Crippen molar-refractivity contribution < 1.29 is 4.79 Å². The number of hydrogen-bond donors (Lipinski definition) is 1. The van der Waals surface area contributed by atoms with Gasteiger partial charge in [0.2, 0.25) is 0 Å². The van der Waals surface area contributed by atoms with Crippen LogP contribution in [0.5, 0.6) is 0 Å². The molecule has 2 aromatic carbocycles. The molecule has 1 aliphatic heterocycles. The second kappa shape index (κ2) is 8.56. The molecule has 1 aliphatic rings. The van der Waals surface area contributed by atoms with Crippen LogP contribution in [0.3, 0.4) is 0 Å². The van der Waals surface area contributed by atoms with Crippen molar-refractivity contribution in [2.45, 2.75) is 31.8 Å². The minimum absolute atomic E-state index is 0.0832. The van der Waals surface area contributed by atoms with Gasteiger partial charge in [0.25, 0.3) is 0 Å². The van der Waals surface area contributed by atoms with Crippen LogP contribution >= 0.6 is 11.6 Å². The summed E-state index contributed by atoms with van der Waals surface area (Å²) in [5.74, 6) is 0. The maximum absolute atomic E-state index is 12.9. The first-order valence-electron chi connectivity index (χ1n) is 9.10. The summed E-state index contributed by atoms with van der Waals surface area (Å²) < 4.78 is 0. The van der Waals surface area contributed by atoms with E-state index in [1.807, 2.05) is 23.1 Å². The van der Waals surface area contributed by atoms with E-state index in [4.69, 9.17) is 11.6 Å². The van der Waals surface area contributed by atoms with Gasteiger partial charge < -0.3 is 15.1 Å². The number of likely N-dealkylation sites (tertiary alicyclic amines) is 1. The van der Waals surface area contributed by atoms with Crippen molar-refractivity contribution in [2.24, 2.45) is 0 Å². The highest BCUT2D eigenvalue weighted by Gasteiger charge is 2.28. The number of amides is 2. The summed E-state index contributed by atoms with van der Waals surface area (Å²) >= 11 is 6.18. The zero-order chi connectivity index (χ0) is 18.5. The van der Waals surface area contributed by atoms with Crippen molar-refractivity contribution in [3.05, 3.63) is 64.7 Å². The Kier molecular flexibility index (Phi) is 6.17. The Bertz CT molecular complexity index is 745. The highest BCUT2D eigenvalue weighted by atomic mass is 35.5. The molecule has 1 atom stereocenters. The lowest BCUT2D eigenvalue weighted by Crippen LogP contribution is -2.41. The van der Waals surface area contributed by atoms with Gasteiger partial charge >= 0.3 is 6.03 Å². The molecule has 1 saturated heterocycles. The van der Waals surface area contributed by atoms with Gasteiger partial charge in [-0.05, 0) is 56.6 Å². The third-order valence-corrected chi connectivity index (χ3v) is 5.07. The number of para-hydroxylation sites is 1. The fourth-order valence-corrected chi connectivity index (χ4v) is 3.66. The van der Waals surface area contributed by atoms with Crippen LogP contribution in [-0.4, -0.2) is 36.5 Å². The summed E-state index contributed by atoms with van der Waals surface area (Å²) in [5, 5.41) is 3.52. The van der Waals surface area contributed by atoms with Crippen molar-refractivity contribution in [3.8, 4) is 0 Å². The highest BCUT2D eigenvalue weighted by Crippen LogP contribution is 2.32. The lowest BCUT2D eigenvalue weighted by molar-refractivity contribution is 0.163. The first kappa shape index (κ1) is 18.7. The SMILES string of the molecule is CN(C)Cc1ccc([C@@H]2CCCCN2C(=O)Nc2ccccc2Cl)cc1. The standard InChI is InChI=1S/C21H26ClN3O/c1-24(2)15-16-10-12-17(13-11-16)20-9-5-6-14-25(20)21(26)23-19-8-4-3-7-18(19)22/h3-4,7-8,10-13,20H,5-6,9,14-15H2,1-2H3,(H,23,26)/t20-/m0/s1. The minimum Gasteiger partial charge on any atom is -0.317 e. The van der Waals surface area contributed by atoms with Crippen LogP contribution in [0.15, 0.2) is 48.5 Å². The molecule has 0 spiro atoms. The van der Waals surface area contributed by atoms with Gasteiger partial charge in [0, 0.05) is 13.1 Å². The predicted molar refractivity (Wildman–Crippen MR) is 108 cm³/mol. The van der Waals surface area contributed by atoms with E-state index in [0.29, 0.717) is 10.7 Å². The van der Waals surface area contributed by atoms with Crippen LogP contribution in [0.2, 0.25) is 5.02 Å². The molecule has 3 rings (SSSR count). The van der Waals surface area contributed by atoms with E-state index in [9.17, 15) is 4.79 Å². The normalized spacial score (nSPS) is 17.4. The van der Waals surface area contributed by atoms with Gasteiger partial charge in [-0.2, -0.15) is 0 Å². The highest BCUT2D eigenvalue weighted by molar-refractivity contribution is 6.33. The number of urea groups is 1. The number of carbonyl (C=O) groups excluding carboxylic acids is 1. The summed E-state index contributed by atoms with van der Waals surface area (Å²) in [6, 6.07) is 16.0. The molecule has 0 radical (unpaired) electrons. The average Bonchev–Trinajstić information content (AvgIpc) is 2.64. The van der Waals surface area contributed by atoms with Crippen LogP contribution in [-0.2, 0) is 6.54 Å². The van der Waals surface area contributed by atoms with Gasteiger partial charge in [-0.25, -0.2) is 4.79 Å². The first-order valence-corrected chi connectivity index (χ1v) is 9.48. The van der Waals surface area contributed by atoms with Crippen molar-refractivity contribution in [1.82, 2.24) is 9.80 Å². The van der Waals surface area contributed by atoms with Crippen LogP contribution in [0.4, 0.5) is 10.5 Å². The molecule has 0 unspecified atom stereocenters. The number of carbonyl (C=O) groups is 1. The molecule has 0 bridgehead atoms. The minimum atomic E-state index is -0.0832. The summed E-state index contributed by atoms with van der Waals surface area (Å²) in [7, 11) is 4.13. The molecule has 26 heavy (non-hydrogen) atoms. The van der Waals surface area contributed by atoms with E-state index in [2.05, 4.69) is 48.6 Å². The maximum atomic E-state index is 12.9. The zero-order valence-corrected chi connectivity index (χ0v) is 16.2. The lowest BCUT2D eigenvalue weighted by atomic mass is 9.95. The Balaban J connectivity index is 1.75. The third kappa shape index (κ3) is 4.57. The second-order valence-electron chi connectivity index (χ2n) is 7.09. The number of rotatable bonds is 4. The van der Waals surface area contributed by atoms with Crippen molar-refractivity contribution >= 4 is 23.3 Å². The van der Waals surface area contributed by atoms with Crippen LogP contribution < -0.4 is 5.32 Å². The quantitative estimate of drug-likeness (QED) is 0.805. The molecule has 0 saturated carbocycles. The van der Waals surface area contributed by atoms with E-state index in [0.717, 1.165) is 32.4 Å². The number of piperidine rings is 1. The number of nitrogens with zero attached hydrogens (tertiary/aromatic N) is 2. The van der Waals surface area contributed by atoms with Crippen molar-refractivity contribution in [1.29, 1.82) is 0 Å². The average molecular weight is 372 g/mol. The summed E-state index contributed by atoms with van der Waals surface area (Å²) in [6.07, 6.45) is 3.16. The summed E-state index contributed by atoms with van der Waals surface area (Å²) in [4.78, 5) is 17.0. The fourth-order valence-electron chi connectivity index (χ4n) is 3.48. The van der Waals surface area contributed by atoms with Crippen molar-refractivity contribution in [3.63, 3.8) is 0 Å². The van der Waals surface area contributed by atoms with E-state index in [1.165, 1.54) is 11.1 Å². The molecule has 4 nitrogen and oxygen atoms in total. The van der Waals surface area contributed by atoms with Gasteiger partial charge in [0.05, 0.1) is 16.8 Å². The smallest absolute Gasteiger partial charge is 0.317 e. The summed E-state index contributed by atoms with van der Waals surface area (Å²) in [5.41, 5.74) is 3.13. The van der Waals surface area contributed by atoms with Gasteiger partial charge in [-0.1, -0.05) is 48.0 Å². The topological polar surface area (TPSA) is 35.6 Å². The fraction of sp³-hybridized carbons (Fsp3) is 0.381. The Hall–Kier alpha value is -2.04. The number of benzene rings is 2.